The molecule has 0 atom stereocenters. The summed E-state index contributed by atoms with van der Waals surface area (Å²) in [5.41, 5.74) is 0.715. The molecule has 1 aromatic heterocycles. The Bertz CT molecular complexity index is 1120. The van der Waals surface area contributed by atoms with E-state index >= 15 is 0 Å². The first-order chi connectivity index (χ1) is 15.3. The summed E-state index contributed by atoms with van der Waals surface area (Å²) >= 11 is 0. The number of aryl methyl sites for hydroxylation is 1. The van der Waals surface area contributed by atoms with Crippen molar-refractivity contribution in [2.75, 3.05) is 18.4 Å². The average Bonchev–Trinajstić information content (AvgIpc) is 3.14. The van der Waals surface area contributed by atoms with Crippen LogP contribution in [0.5, 0.6) is 0 Å². The van der Waals surface area contributed by atoms with Gasteiger partial charge in [-0.05, 0) is 37.6 Å². The lowest BCUT2D eigenvalue weighted by Gasteiger charge is -2.21. The van der Waals surface area contributed by atoms with E-state index in [2.05, 4.69) is 10.3 Å². The summed E-state index contributed by atoms with van der Waals surface area (Å²) in [4.78, 5) is 30.9. The lowest BCUT2D eigenvalue weighted by molar-refractivity contribution is -0.134. The Hall–Kier alpha value is -3.62. The van der Waals surface area contributed by atoms with Gasteiger partial charge in [0.2, 0.25) is 17.7 Å². The Morgan fingerprint density at radius 3 is 2.47 bits per heavy atom. The number of carbonyl (C=O) groups excluding carboxylic acids is 2. The molecule has 3 rings (SSSR count). The van der Waals surface area contributed by atoms with Crippen LogP contribution >= 0.6 is 0 Å². The molecule has 0 saturated heterocycles. The number of halogens is 3. The van der Waals surface area contributed by atoms with Gasteiger partial charge in [-0.1, -0.05) is 25.1 Å². The van der Waals surface area contributed by atoms with Crippen LogP contribution in [0.2, 0.25) is 0 Å². The minimum absolute atomic E-state index is 0.0883. The van der Waals surface area contributed by atoms with Crippen LogP contribution in [-0.2, 0) is 16.0 Å². The second-order valence-corrected chi connectivity index (χ2v) is 7.15. The fraction of sp³-hybridized carbons (Fsp3) is 0.261. The van der Waals surface area contributed by atoms with Gasteiger partial charge < -0.3 is 14.6 Å². The van der Waals surface area contributed by atoms with E-state index < -0.39 is 29.0 Å². The quantitative estimate of drug-likeness (QED) is 0.519. The lowest BCUT2D eigenvalue weighted by Crippen LogP contribution is -2.39. The van der Waals surface area contributed by atoms with Crippen molar-refractivity contribution in [1.29, 1.82) is 0 Å². The van der Waals surface area contributed by atoms with Gasteiger partial charge in [-0.2, -0.15) is 0 Å². The van der Waals surface area contributed by atoms with Crippen LogP contribution in [0.25, 0.3) is 11.5 Å². The Kier molecular flexibility index (Phi) is 7.29. The Morgan fingerprint density at radius 1 is 1.06 bits per heavy atom. The lowest BCUT2D eigenvalue weighted by atomic mass is 10.2. The molecule has 3 aromatic rings. The standard InChI is InChI=1S/C23H22F3N3O3/c1-3-11-29(13-19(30)27-17-10-9-16(24)21(25)22(17)26)20(31)12-18-14(2)32-23(28-18)15-7-5-4-6-8-15/h4-10H,3,11-13H2,1-2H3,(H,27,30). The second kappa shape index (κ2) is 10.1. The van der Waals surface area contributed by atoms with E-state index in [1.165, 1.54) is 4.90 Å². The zero-order chi connectivity index (χ0) is 23.3. The molecule has 2 amide bonds. The van der Waals surface area contributed by atoms with Gasteiger partial charge in [0.15, 0.2) is 17.5 Å². The zero-order valence-corrected chi connectivity index (χ0v) is 17.6. The number of carbonyl (C=O) groups is 2. The first-order valence-electron chi connectivity index (χ1n) is 10.0. The van der Waals surface area contributed by atoms with Crippen molar-refractivity contribution >= 4 is 17.5 Å². The van der Waals surface area contributed by atoms with Crippen LogP contribution in [0.3, 0.4) is 0 Å². The highest BCUT2D eigenvalue weighted by Crippen LogP contribution is 2.22. The summed E-state index contributed by atoms with van der Waals surface area (Å²) < 4.78 is 45.9. The highest BCUT2D eigenvalue weighted by atomic mass is 19.2. The van der Waals surface area contributed by atoms with Crippen molar-refractivity contribution in [2.24, 2.45) is 0 Å². The average molecular weight is 445 g/mol. The Morgan fingerprint density at radius 2 is 1.78 bits per heavy atom. The molecular weight excluding hydrogens is 423 g/mol. The largest absolute Gasteiger partial charge is 0.441 e. The summed E-state index contributed by atoms with van der Waals surface area (Å²) in [6, 6.07) is 10.9. The summed E-state index contributed by atoms with van der Waals surface area (Å²) in [5.74, 6) is -4.77. The third-order valence-corrected chi connectivity index (χ3v) is 4.72. The maximum absolute atomic E-state index is 13.8. The molecule has 0 spiro atoms. The molecule has 6 nitrogen and oxygen atoms in total. The number of nitrogens with one attached hydrogen (secondary N) is 1. The van der Waals surface area contributed by atoms with Gasteiger partial charge >= 0.3 is 0 Å². The molecule has 0 radical (unpaired) electrons. The van der Waals surface area contributed by atoms with Crippen LogP contribution in [0.15, 0.2) is 46.9 Å². The molecule has 32 heavy (non-hydrogen) atoms. The van der Waals surface area contributed by atoms with Crippen molar-refractivity contribution in [1.82, 2.24) is 9.88 Å². The number of oxazole rings is 1. The number of hydrogen-bond acceptors (Lipinski definition) is 4. The third kappa shape index (κ3) is 5.35. The predicted octanol–water partition coefficient (Wildman–Crippen LogP) is 4.49. The molecule has 9 heteroatoms. The van der Waals surface area contributed by atoms with Gasteiger partial charge in [0.05, 0.1) is 24.3 Å². The fourth-order valence-corrected chi connectivity index (χ4v) is 3.10. The zero-order valence-electron chi connectivity index (χ0n) is 17.6. The topological polar surface area (TPSA) is 75.4 Å². The molecule has 168 valence electrons. The van der Waals surface area contributed by atoms with Crippen LogP contribution in [-0.4, -0.2) is 34.8 Å². The van der Waals surface area contributed by atoms with Crippen LogP contribution in [0.4, 0.5) is 18.9 Å². The maximum Gasteiger partial charge on any atom is 0.244 e. The van der Waals surface area contributed by atoms with E-state index in [0.717, 1.165) is 11.6 Å². The molecule has 0 aliphatic rings. The first kappa shape index (κ1) is 23.1. The summed E-state index contributed by atoms with van der Waals surface area (Å²) in [5, 5.41) is 2.17. The highest BCUT2D eigenvalue weighted by Gasteiger charge is 2.22. The van der Waals surface area contributed by atoms with Gasteiger partial charge in [0.1, 0.15) is 5.76 Å². The molecule has 1 heterocycles. The number of hydrogen-bond donors (Lipinski definition) is 1. The fourth-order valence-electron chi connectivity index (χ4n) is 3.10. The number of rotatable bonds is 8. The minimum Gasteiger partial charge on any atom is -0.441 e. The Balaban J connectivity index is 1.69. The third-order valence-electron chi connectivity index (χ3n) is 4.72. The van der Waals surface area contributed by atoms with Crippen molar-refractivity contribution < 1.29 is 27.2 Å². The van der Waals surface area contributed by atoms with Crippen molar-refractivity contribution in [2.45, 2.75) is 26.7 Å². The highest BCUT2D eigenvalue weighted by molar-refractivity contribution is 5.94. The monoisotopic (exact) mass is 445 g/mol. The van der Waals surface area contributed by atoms with Crippen LogP contribution < -0.4 is 5.32 Å². The van der Waals surface area contributed by atoms with E-state index in [9.17, 15) is 22.8 Å². The molecule has 0 fully saturated rings. The minimum atomic E-state index is -1.68. The molecule has 0 saturated carbocycles. The molecule has 0 aliphatic heterocycles. The van der Waals surface area contributed by atoms with E-state index in [4.69, 9.17) is 4.42 Å². The molecule has 2 aromatic carbocycles. The molecule has 1 N–H and O–H groups in total. The second-order valence-electron chi connectivity index (χ2n) is 7.15. The number of aromatic nitrogens is 1. The number of anilines is 1. The SMILES string of the molecule is CCCN(CC(=O)Nc1ccc(F)c(F)c1F)C(=O)Cc1nc(-c2ccccc2)oc1C. The van der Waals surface area contributed by atoms with Gasteiger partial charge in [-0.15, -0.1) is 0 Å². The summed E-state index contributed by atoms with van der Waals surface area (Å²) in [7, 11) is 0. The number of nitrogens with zero attached hydrogens (tertiary/aromatic N) is 2. The maximum atomic E-state index is 13.8. The first-order valence-corrected chi connectivity index (χ1v) is 10.0. The normalized spacial score (nSPS) is 10.8. The van der Waals surface area contributed by atoms with E-state index in [-0.39, 0.29) is 25.4 Å². The summed E-state index contributed by atoms with van der Waals surface area (Å²) in [6.07, 6.45) is 0.487. The number of benzene rings is 2. The number of amides is 2. The van der Waals surface area contributed by atoms with Crippen molar-refractivity contribution in [3.8, 4) is 11.5 Å². The summed E-state index contributed by atoms with van der Waals surface area (Å²) in [6.45, 7) is 3.43. The van der Waals surface area contributed by atoms with Gasteiger partial charge in [0, 0.05) is 12.1 Å². The van der Waals surface area contributed by atoms with Gasteiger partial charge in [0.25, 0.3) is 0 Å². The molecule has 0 aliphatic carbocycles. The van der Waals surface area contributed by atoms with Crippen LogP contribution in [0, 0.1) is 24.4 Å². The van der Waals surface area contributed by atoms with E-state index in [0.29, 0.717) is 29.8 Å². The predicted molar refractivity (Wildman–Crippen MR) is 112 cm³/mol. The van der Waals surface area contributed by atoms with E-state index in [1.807, 2.05) is 37.3 Å². The molecule has 0 bridgehead atoms. The van der Waals surface area contributed by atoms with Gasteiger partial charge in [-0.25, -0.2) is 18.2 Å². The van der Waals surface area contributed by atoms with Gasteiger partial charge in [-0.3, -0.25) is 9.59 Å². The Labute approximate surface area is 183 Å². The van der Waals surface area contributed by atoms with E-state index in [1.54, 1.807) is 6.92 Å². The molecule has 0 unspecified atom stereocenters. The van der Waals surface area contributed by atoms with Crippen LogP contribution in [0.1, 0.15) is 24.8 Å². The van der Waals surface area contributed by atoms with Crippen molar-refractivity contribution in [3.63, 3.8) is 0 Å². The smallest absolute Gasteiger partial charge is 0.244 e. The molecular formula is C23H22F3N3O3. The van der Waals surface area contributed by atoms with Crippen molar-refractivity contribution in [3.05, 3.63) is 71.4 Å².